The zero-order valence-corrected chi connectivity index (χ0v) is 12.4. The highest BCUT2D eigenvalue weighted by Crippen LogP contribution is 2.22. The van der Waals surface area contributed by atoms with Crippen molar-refractivity contribution in [3.63, 3.8) is 0 Å². The number of hydrogen-bond donors (Lipinski definition) is 1. The van der Waals surface area contributed by atoms with Gasteiger partial charge in [0.2, 0.25) is 0 Å². The van der Waals surface area contributed by atoms with Crippen LogP contribution in [-0.2, 0) is 6.54 Å². The van der Waals surface area contributed by atoms with E-state index < -0.39 is 0 Å². The summed E-state index contributed by atoms with van der Waals surface area (Å²) < 4.78 is 1.99. The van der Waals surface area contributed by atoms with Gasteiger partial charge in [0.25, 0.3) is 0 Å². The van der Waals surface area contributed by atoms with Crippen LogP contribution in [0.3, 0.4) is 0 Å². The Balaban J connectivity index is 1.71. The van der Waals surface area contributed by atoms with E-state index in [0.29, 0.717) is 6.54 Å². The first-order valence-electron chi connectivity index (χ1n) is 7.42. The molecule has 1 N–H and O–H groups in total. The van der Waals surface area contributed by atoms with E-state index >= 15 is 0 Å². The summed E-state index contributed by atoms with van der Waals surface area (Å²) in [6.45, 7) is 0.677. The molecule has 0 aliphatic rings. The second kappa shape index (κ2) is 5.88. The number of anilines is 1. The zero-order valence-electron chi connectivity index (χ0n) is 12.4. The molecular formula is C18H15N5. The van der Waals surface area contributed by atoms with Crippen molar-refractivity contribution in [2.24, 2.45) is 0 Å². The number of aromatic nitrogens is 4. The maximum atomic E-state index is 4.75. The van der Waals surface area contributed by atoms with Crippen LogP contribution in [0, 0.1) is 0 Å². The SMILES string of the molecule is c1ccc(-c2cn3ccnc3c(NCc3ccncc3)n2)cc1. The summed E-state index contributed by atoms with van der Waals surface area (Å²) in [6.07, 6.45) is 9.28. The summed E-state index contributed by atoms with van der Waals surface area (Å²) >= 11 is 0. The lowest BCUT2D eigenvalue weighted by Crippen LogP contribution is -2.05. The fraction of sp³-hybridized carbons (Fsp3) is 0.0556. The second-order valence-electron chi connectivity index (χ2n) is 5.21. The van der Waals surface area contributed by atoms with Gasteiger partial charge in [0.1, 0.15) is 0 Å². The lowest BCUT2D eigenvalue weighted by molar-refractivity contribution is 1.07. The molecule has 0 saturated heterocycles. The van der Waals surface area contributed by atoms with Gasteiger partial charge < -0.3 is 9.72 Å². The standard InChI is InChI=1S/C18H15N5/c1-2-4-15(5-3-1)16-13-23-11-10-20-18(23)17(22-16)21-12-14-6-8-19-9-7-14/h1-11,13H,12H2,(H,21,22). The van der Waals surface area contributed by atoms with Gasteiger partial charge in [-0.15, -0.1) is 0 Å². The molecule has 23 heavy (non-hydrogen) atoms. The van der Waals surface area contributed by atoms with E-state index in [-0.39, 0.29) is 0 Å². The van der Waals surface area contributed by atoms with E-state index in [9.17, 15) is 0 Å². The summed E-state index contributed by atoms with van der Waals surface area (Å²) in [5, 5.41) is 3.38. The summed E-state index contributed by atoms with van der Waals surface area (Å²) in [5.74, 6) is 0.771. The number of fused-ring (bicyclic) bond motifs is 1. The Hall–Kier alpha value is -3.21. The average molecular weight is 301 g/mol. The van der Waals surface area contributed by atoms with Crippen molar-refractivity contribution >= 4 is 11.5 Å². The van der Waals surface area contributed by atoms with Crippen LogP contribution < -0.4 is 5.32 Å². The van der Waals surface area contributed by atoms with E-state index in [1.807, 2.05) is 47.1 Å². The van der Waals surface area contributed by atoms with E-state index in [1.165, 1.54) is 0 Å². The molecule has 4 aromatic rings. The molecule has 0 amide bonds. The van der Waals surface area contributed by atoms with Crippen LogP contribution >= 0.6 is 0 Å². The van der Waals surface area contributed by atoms with Crippen molar-refractivity contribution in [3.05, 3.63) is 79.0 Å². The first-order chi connectivity index (χ1) is 11.4. The van der Waals surface area contributed by atoms with Crippen LogP contribution in [0.15, 0.2) is 73.4 Å². The highest BCUT2D eigenvalue weighted by atomic mass is 15.1. The summed E-state index contributed by atoms with van der Waals surface area (Å²) in [4.78, 5) is 13.2. The number of rotatable bonds is 4. The predicted molar refractivity (Wildman–Crippen MR) is 90.0 cm³/mol. The normalized spacial score (nSPS) is 10.8. The molecule has 112 valence electrons. The fourth-order valence-electron chi connectivity index (χ4n) is 2.48. The molecule has 5 nitrogen and oxygen atoms in total. The monoisotopic (exact) mass is 301 g/mol. The number of benzene rings is 1. The molecule has 4 rings (SSSR count). The van der Waals surface area contributed by atoms with Crippen molar-refractivity contribution in [2.75, 3.05) is 5.32 Å². The quantitative estimate of drug-likeness (QED) is 0.627. The predicted octanol–water partition coefficient (Wildman–Crippen LogP) is 3.40. The minimum atomic E-state index is 0.677. The van der Waals surface area contributed by atoms with Gasteiger partial charge in [-0.3, -0.25) is 4.98 Å². The van der Waals surface area contributed by atoms with Crippen LogP contribution in [0.4, 0.5) is 5.82 Å². The molecule has 3 heterocycles. The third kappa shape index (κ3) is 2.76. The van der Waals surface area contributed by atoms with E-state index in [2.05, 4.69) is 27.4 Å². The average Bonchev–Trinajstić information content (AvgIpc) is 3.10. The molecule has 1 aromatic carbocycles. The molecule has 0 fully saturated rings. The maximum Gasteiger partial charge on any atom is 0.180 e. The molecule has 0 spiro atoms. The first-order valence-corrected chi connectivity index (χ1v) is 7.42. The number of nitrogens with one attached hydrogen (secondary N) is 1. The summed E-state index contributed by atoms with van der Waals surface area (Å²) in [6, 6.07) is 14.1. The summed E-state index contributed by atoms with van der Waals surface area (Å²) in [5.41, 5.74) is 3.96. The van der Waals surface area contributed by atoms with Crippen molar-refractivity contribution in [1.82, 2.24) is 19.4 Å². The van der Waals surface area contributed by atoms with Crippen LogP contribution in [0.1, 0.15) is 5.56 Å². The number of imidazole rings is 1. The van der Waals surface area contributed by atoms with Gasteiger partial charge in [0.05, 0.1) is 5.69 Å². The first kappa shape index (κ1) is 13.5. The minimum absolute atomic E-state index is 0.677. The Kier molecular flexibility index (Phi) is 3.44. The smallest absolute Gasteiger partial charge is 0.180 e. The molecule has 0 saturated carbocycles. The van der Waals surface area contributed by atoms with Gasteiger partial charge in [-0.05, 0) is 17.7 Å². The third-order valence-electron chi connectivity index (χ3n) is 3.65. The molecule has 0 aliphatic heterocycles. The van der Waals surface area contributed by atoms with Gasteiger partial charge in [-0.2, -0.15) is 0 Å². The van der Waals surface area contributed by atoms with Gasteiger partial charge >= 0.3 is 0 Å². The molecule has 5 heteroatoms. The van der Waals surface area contributed by atoms with Gasteiger partial charge in [0, 0.05) is 43.1 Å². The lowest BCUT2D eigenvalue weighted by atomic mass is 10.2. The molecule has 0 atom stereocenters. The van der Waals surface area contributed by atoms with Crippen LogP contribution in [0.5, 0.6) is 0 Å². The molecule has 0 aliphatic carbocycles. The lowest BCUT2D eigenvalue weighted by Gasteiger charge is -2.10. The van der Waals surface area contributed by atoms with Gasteiger partial charge in [-0.25, -0.2) is 9.97 Å². The van der Waals surface area contributed by atoms with Gasteiger partial charge in [-0.1, -0.05) is 30.3 Å². The van der Waals surface area contributed by atoms with Crippen LogP contribution in [0.2, 0.25) is 0 Å². The topological polar surface area (TPSA) is 55.1 Å². The Bertz CT molecular complexity index is 916. The Labute approximate surface area is 133 Å². The highest BCUT2D eigenvalue weighted by Gasteiger charge is 2.08. The van der Waals surface area contributed by atoms with E-state index in [1.54, 1.807) is 18.6 Å². The molecular weight excluding hydrogens is 286 g/mol. The molecule has 0 radical (unpaired) electrons. The number of hydrogen-bond acceptors (Lipinski definition) is 4. The Morgan fingerprint density at radius 1 is 0.957 bits per heavy atom. The molecule has 0 bridgehead atoms. The Morgan fingerprint density at radius 2 is 1.78 bits per heavy atom. The minimum Gasteiger partial charge on any atom is -0.363 e. The van der Waals surface area contributed by atoms with Crippen molar-refractivity contribution in [3.8, 4) is 11.3 Å². The van der Waals surface area contributed by atoms with Crippen LogP contribution in [0.25, 0.3) is 16.9 Å². The van der Waals surface area contributed by atoms with Crippen molar-refractivity contribution in [2.45, 2.75) is 6.54 Å². The van der Waals surface area contributed by atoms with E-state index in [0.717, 1.165) is 28.3 Å². The fourth-order valence-corrected chi connectivity index (χ4v) is 2.48. The zero-order chi connectivity index (χ0) is 15.5. The number of nitrogens with zero attached hydrogens (tertiary/aromatic N) is 4. The second-order valence-corrected chi connectivity index (χ2v) is 5.21. The number of pyridine rings is 1. The molecule has 0 unspecified atom stereocenters. The Morgan fingerprint density at radius 3 is 2.61 bits per heavy atom. The summed E-state index contributed by atoms with van der Waals surface area (Å²) in [7, 11) is 0. The van der Waals surface area contributed by atoms with Gasteiger partial charge in [0.15, 0.2) is 11.5 Å². The third-order valence-corrected chi connectivity index (χ3v) is 3.65. The van der Waals surface area contributed by atoms with Crippen molar-refractivity contribution < 1.29 is 0 Å². The van der Waals surface area contributed by atoms with E-state index in [4.69, 9.17) is 4.98 Å². The largest absolute Gasteiger partial charge is 0.363 e. The molecule has 3 aromatic heterocycles. The van der Waals surface area contributed by atoms with Crippen LogP contribution in [-0.4, -0.2) is 19.4 Å². The van der Waals surface area contributed by atoms with Crippen molar-refractivity contribution in [1.29, 1.82) is 0 Å². The highest BCUT2D eigenvalue weighted by molar-refractivity contribution is 5.69. The maximum absolute atomic E-state index is 4.75.